The molecular weight excluding hydrogens is 312 g/mol. The molecule has 0 amide bonds. The number of halogens is 1. The Morgan fingerprint density at radius 3 is 2.70 bits per heavy atom. The van der Waals surface area contributed by atoms with E-state index in [2.05, 4.69) is 4.98 Å². The minimum Gasteiger partial charge on any atom is -0.461 e. The van der Waals surface area contributed by atoms with Crippen molar-refractivity contribution in [3.8, 4) is 16.8 Å². The van der Waals surface area contributed by atoms with E-state index in [1.165, 1.54) is 0 Å². The van der Waals surface area contributed by atoms with Crippen LogP contribution in [-0.2, 0) is 4.74 Å². The summed E-state index contributed by atoms with van der Waals surface area (Å²) in [6, 6.07) is 15.7. The molecule has 0 bridgehead atoms. The first-order valence-electron chi connectivity index (χ1n) is 7.26. The molecule has 0 unspecified atom stereocenters. The summed E-state index contributed by atoms with van der Waals surface area (Å²) in [5, 5.41) is 0.603. The van der Waals surface area contributed by atoms with E-state index >= 15 is 0 Å². The molecule has 0 saturated heterocycles. The summed E-state index contributed by atoms with van der Waals surface area (Å²) in [7, 11) is 0. The fourth-order valence-electron chi connectivity index (χ4n) is 2.32. The quantitative estimate of drug-likeness (QED) is 0.669. The summed E-state index contributed by atoms with van der Waals surface area (Å²) in [4.78, 5) is 15.8. The Hall–Kier alpha value is -2.59. The van der Waals surface area contributed by atoms with Gasteiger partial charge in [0.05, 0.1) is 17.3 Å². The lowest BCUT2D eigenvalue weighted by Gasteiger charge is -2.10. The lowest BCUT2D eigenvalue weighted by molar-refractivity contribution is 0.0520. The molecule has 23 heavy (non-hydrogen) atoms. The van der Waals surface area contributed by atoms with E-state index in [-0.39, 0.29) is 5.69 Å². The van der Waals surface area contributed by atoms with Crippen molar-refractivity contribution in [2.45, 2.75) is 6.92 Å². The van der Waals surface area contributed by atoms with Gasteiger partial charge in [-0.2, -0.15) is 0 Å². The van der Waals surface area contributed by atoms with Gasteiger partial charge in [-0.3, -0.25) is 0 Å². The first-order valence-corrected chi connectivity index (χ1v) is 7.64. The highest BCUT2D eigenvalue weighted by molar-refractivity contribution is 6.35. The summed E-state index contributed by atoms with van der Waals surface area (Å²) in [6.07, 6.45) is 3.18. The number of hydrogen-bond donors (Lipinski definition) is 0. The summed E-state index contributed by atoms with van der Waals surface area (Å²) in [5.41, 5.74) is 2.98. The first-order chi connectivity index (χ1) is 11.2. The van der Waals surface area contributed by atoms with Crippen molar-refractivity contribution in [3.63, 3.8) is 0 Å². The molecule has 3 rings (SSSR count). The molecule has 0 atom stereocenters. The van der Waals surface area contributed by atoms with Crippen LogP contribution in [0.4, 0.5) is 0 Å². The second kappa shape index (κ2) is 6.67. The van der Waals surface area contributed by atoms with Gasteiger partial charge in [-0.05, 0) is 18.6 Å². The van der Waals surface area contributed by atoms with Gasteiger partial charge < -0.3 is 9.30 Å². The Balaban J connectivity index is 2.00. The highest BCUT2D eigenvalue weighted by Gasteiger charge is 2.14. The Kier molecular flexibility index (Phi) is 4.44. The Morgan fingerprint density at radius 2 is 1.96 bits per heavy atom. The highest BCUT2D eigenvalue weighted by Crippen LogP contribution is 2.32. The van der Waals surface area contributed by atoms with Crippen molar-refractivity contribution >= 4 is 17.6 Å². The van der Waals surface area contributed by atoms with Crippen LogP contribution in [0.1, 0.15) is 17.4 Å². The van der Waals surface area contributed by atoms with E-state index < -0.39 is 5.97 Å². The molecule has 0 aliphatic heterocycles. The van der Waals surface area contributed by atoms with Crippen LogP contribution in [0.2, 0.25) is 5.02 Å². The monoisotopic (exact) mass is 326 g/mol. The molecular formula is C18H15ClN2O2. The average Bonchev–Trinajstić information content (AvgIpc) is 3.06. The maximum absolute atomic E-state index is 11.7. The molecule has 3 aromatic rings. The van der Waals surface area contributed by atoms with Crippen molar-refractivity contribution in [1.29, 1.82) is 0 Å². The fraction of sp³-hybridized carbons (Fsp3) is 0.111. The third kappa shape index (κ3) is 3.12. The molecule has 1 aromatic heterocycles. The number of benzene rings is 2. The zero-order valence-corrected chi connectivity index (χ0v) is 13.3. The topological polar surface area (TPSA) is 44.1 Å². The Morgan fingerprint density at radius 1 is 1.17 bits per heavy atom. The molecule has 5 heteroatoms. The van der Waals surface area contributed by atoms with Gasteiger partial charge in [-0.25, -0.2) is 9.78 Å². The van der Waals surface area contributed by atoms with Crippen LogP contribution in [0.5, 0.6) is 0 Å². The summed E-state index contributed by atoms with van der Waals surface area (Å²) in [6.45, 7) is 2.07. The smallest absolute Gasteiger partial charge is 0.358 e. The molecule has 0 saturated carbocycles. The standard InChI is InChI=1S/C18H15ClN2O2/c1-2-23-18(22)15-11-21(12-20-15)16-10-6-9-14(17(16)19)13-7-4-3-5-8-13/h3-12H,2H2,1H3. The molecule has 2 aromatic carbocycles. The van der Waals surface area contributed by atoms with Crippen LogP contribution < -0.4 is 0 Å². The van der Waals surface area contributed by atoms with Crippen LogP contribution in [0, 0.1) is 0 Å². The van der Waals surface area contributed by atoms with Gasteiger partial charge in [-0.1, -0.05) is 54.1 Å². The highest BCUT2D eigenvalue weighted by atomic mass is 35.5. The zero-order valence-electron chi connectivity index (χ0n) is 12.6. The van der Waals surface area contributed by atoms with Crippen LogP contribution in [0.25, 0.3) is 16.8 Å². The number of ether oxygens (including phenoxy) is 1. The number of imidazole rings is 1. The van der Waals surface area contributed by atoms with Crippen LogP contribution in [-0.4, -0.2) is 22.1 Å². The molecule has 0 N–H and O–H groups in total. The van der Waals surface area contributed by atoms with E-state index in [0.717, 1.165) is 16.8 Å². The van der Waals surface area contributed by atoms with Crippen LogP contribution >= 0.6 is 11.6 Å². The summed E-state index contributed by atoms with van der Waals surface area (Å²) < 4.78 is 6.68. The number of carbonyl (C=O) groups excluding carboxylic acids is 1. The molecule has 0 aliphatic carbocycles. The number of hydrogen-bond acceptors (Lipinski definition) is 3. The maximum Gasteiger partial charge on any atom is 0.358 e. The first kappa shape index (κ1) is 15.3. The number of esters is 1. The molecule has 0 spiro atoms. The maximum atomic E-state index is 11.7. The zero-order chi connectivity index (χ0) is 16.2. The second-order valence-electron chi connectivity index (χ2n) is 4.89. The lowest BCUT2D eigenvalue weighted by Crippen LogP contribution is -2.04. The Bertz CT molecular complexity index is 828. The predicted octanol–water partition coefficient (Wildman–Crippen LogP) is 4.37. The minimum absolute atomic E-state index is 0.257. The molecule has 116 valence electrons. The van der Waals surface area contributed by atoms with Gasteiger partial charge >= 0.3 is 5.97 Å². The second-order valence-corrected chi connectivity index (χ2v) is 5.27. The van der Waals surface area contributed by atoms with Crippen LogP contribution in [0.3, 0.4) is 0 Å². The summed E-state index contributed by atoms with van der Waals surface area (Å²) in [5.74, 6) is -0.443. The molecule has 4 nitrogen and oxygen atoms in total. The van der Waals surface area contributed by atoms with E-state index in [9.17, 15) is 4.79 Å². The van der Waals surface area contributed by atoms with Crippen molar-refractivity contribution in [2.75, 3.05) is 6.61 Å². The van der Waals surface area contributed by atoms with Gasteiger partial charge in [0.2, 0.25) is 0 Å². The lowest BCUT2D eigenvalue weighted by atomic mass is 10.1. The average molecular weight is 327 g/mol. The molecule has 0 radical (unpaired) electrons. The van der Waals surface area contributed by atoms with Gasteiger partial charge in [0.15, 0.2) is 5.69 Å². The van der Waals surface area contributed by atoms with Crippen LogP contribution in [0.15, 0.2) is 61.1 Å². The van der Waals surface area contributed by atoms with E-state index in [0.29, 0.717) is 11.6 Å². The molecule has 0 aliphatic rings. The van der Waals surface area contributed by atoms with Gasteiger partial charge in [0.25, 0.3) is 0 Å². The van der Waals surface area contributed by atoms with Crippen molar-refractivity contribution in [1.82, 2.24) is 9.55 Å². The third-order valence-electron chi connectivity index (χ3n) is 3.41. The predicted molar refractivity (Wildman–Crippen MR) is 90.0 cm³/mol. The normalized spacial score (nSPS) is 10.5. The molecule has 0 fully saturated rings. The largest absolute Gasteiger partial charge is 0.461 e. The van der Waals surface area contributed by atoms with Crippen molar-refractivity contribution in [2.24, 2.45) is 0 Å². The number of carbonyl (C=O) groups is 1. The van der Waals surface area contributed by atoms with E-state index in [4.69, 9.17) is 16.3 Å². The van der Waals surface area contributed by atoms with E-state index in [1.54, 1.807) is 24.0 Å². The SMILES string of the molecule is CCOC(=O)c1cn(-c2cccc(-c3ccccc3)c2Cl)cn1. The van der Waals surface area contributed by atoms with Gasteiger partial charge in [0.1, 0.15) is 6.33 Å². The van der Waals surface area contributed by atoms with Crippen molar-refractivity contribution in [3.05, 3.63) is 71.8 Å². The van der Waals surface area contributed by atoms with Gasteiger partial charge in [0, 0.05) is 11.8 Å². The number of nitrogens with zero attached hydrogens (tertiary/aromatic N) is 2. The van der Waals surface area contributed by atoms with Crippen molar-refractivity contribution < 1.29 is 9.53 Å². The fourth-order valence-corrected chi connectivity index (χ4v) is 2.66. The minimum atomic E-state index is -0.443. The third-order valence-corrected chi connectivity index (χ3v) is 3.81. The number of aromatic nitrogens is 2. The summed E-state index contributed by atoms with van der Waals surface area (Å²) >= 11 is 6.56. The van der Waals surface area contributed by atoms with Gasteiger partial charge in [-0.15, -0.1) is 0 Å². The number of rotatable bonds is 4. The Labute approximate surface area is 139 Å². The van der Waals surface area contributed by atoms with E-state index in [1.807, 2.05) is 48.5 Å². The molecule has 1 heterocycles.